The zero-order valence-corrected chi connectivity index (χ0v) is 12.7. The van der Waals surface area contributed by atoms with Crippen LogP contribution in [0.2, 0.25) is 0 Å². The second-order valence-electron chi connectivity index (χ2n) is 5.84. The standard InChI is InChI=1S/C16H22O5/c1-16(2)20-14-13(17-3)12(19-15(14)21-16)10-18-9-11-7-5-4-6-8-11/h4-8,12-15H,9-10H2,1-3H3/t12-,13+,14-,15-/m1/s1. The first kappa shape index (κ1) is 14.9. The summed E-state index contributed by atoms with van der Waals surface area (Å²) < 4.78 is 28.7. The van der Waals surface area contributed by atoms with E-state index in [2.05, 4.69) is 0 Å². The maximum Gasteiger partial charge on any atom is 0.190 e. The summed E-state index contributed by atoms with van der Waals surface area (Å²) in [5.74, 6) is -0.623. The third kappa shape index (κ3) is 3.27. The molecular formula is C16H22O5. The molecule has 0 spiro atoms. The van der Waals surface area contributed by atoms with Crippen LogP contribution in [0.25, 0.3) is 0 Å². The summed E-state index contributed by atoms with van der Waals surface area (Å²) in [7, 11) is 1.66. The van der Waals surface area contributed by atoms with Crippen LogP contribution in [0.3, 0.4) is 0 Å². The van der Waals surface area contributed by atoms with Gasteiger partial charge in [-0.2, -0.15) is 0 Å². The quantitative estimate of drug-likeness (QED) is 0.832. The van der Waals surface area contributed by atoms with Crippen molar-refractivity contribution in [1.29, 1.82) is 0 Å². The van der Waals surface area contributed by atoms with E-state index in [0.29, 0.717) is 13.2 Å². The lowest BCUT2D eigenvalue weighted by molar-refractivity contribution is -0.222. The van der Waals surface area contributed by atoms with Gasteiger partial charge in [-0.15, -0.1) is 0 Å². The monoisotopic (exact) mass is 294 g/mol. The topological polar surface area (TPSA) is 46.2 Å². The van der Waals surface area contributed by atoms with E-state index in [1.165, 1.54) is 0 Å². The number of rotatable bonds is 5. The molecule has 0 bridgehead atoms. The van der Waals surface area contributed by atoms with Gasteiger partial charge in [-0.3, -0.25) is 0 Å². The van der Waals surface area contributed by atoms with Crippen molar-refractivity contribution in [3.05, 3.63) is 35.9 Å². The second-order valence-corrected chi connectivity index (χ2v) is 5.84. The molecule has 2 heterocycles. The fourth-order valence-corrected chi connectivity index (χ4v) is 2.83. The van der Waals surface area contributed by atoms with Crippen LogP contribution < -0.4 is 0 Å². The Morgan fingerprint density at radius 2 is 1.90 bits per heavy atom. The normalized spacial score (nSPS) is 34.0. The van der Waals surface area contributed by atoms with Gasteiger partial charge in [0.2, 0.25) is 0 Å². The highest BCUT2D eigenvalue weighted by Gasteiger charge is 2.55. The van der Waals surface area contributed by atoms with E-state index < -0.39 is 5.79 Å². The summed E-state index contributed by atoms with van der Waals surface area (Å²) in [6.07, 6.45) is -0.928. The fraction of sp³-hybridized carbons (Fsp3) is 0.625. The lowest BCUT2D eigenvalue weighted by Crippen LogP contribution is -2.38. The molecule has 2 aliphatic rings. The zero-order chi connectivity index (χ0) is 14.9. The van der Waals surface area contributed by atoms with Crippen LogP contribution in [0.4, 0.5) is 0 Å². The van der Waals surface area contributed by atoms with Crippen LogP contribution in [0.1, 0.15) is 19.4 Å². The van der Waals surface area contributed by atoms with Gasteiger partial charge in [-0.05, 0) is 19.4 Å². The molecule has 2 saturated heterocycles. The van der Waals surface area contributed by atoms with E-state index >= 15 is 0 Å². The van der Waals surface area contributed by atoms with Gasteiger partial charge in [0, 0.05) is 7.11 Å². The van der Waals surface area contributed by atoms with Gasteiger partial charge in [0.25, 0.3) is 0 Å². The minimum atomic E-state index is -0.623. The Kier molecular flexibility index (Phi) is 4.28. The zero-order valence-electron chi connectivity index (χ0n) is 12.7. The molecule has 116 valence electrons. The molecule has 21 heavy (non-hydrogen) atoms. The Morgan fingerprint density at radius 3 is 2.62 bits per heavy atom. The highest BCUT2D eigenvalue weighted by atomic mass is 16.8. The summed E-state index contributed by atoms with van der Waals surface area (Å²) >= 11 is 0. The van der Waals surface area contributed by atoms with Crippen molar-refractivity contribution in [1.82, 2.24) is 0 Å². The molecule has 3 rings (SSSR count). The SMILES string of the molecule is CO[C@@H]1[C@H]2OC(C)(C)O[C@H]2O[C@@H]1COCc1ccccc1. The molecule has 0 saturated carbocycles. The molecular weight excluding hydrogens is 272 g/mol. The number of hydrogen-bond donors (Lipinski definition) is 0. The summed E-state index contributed by atoms with van der Waals surface area (Å²) in [5, 5.41) is 0. The summed E-state index contributed by atoms with van der Waals surface area (Å²) in [5.41, 5.74) is 1.14. The van der Waals surface area contributed by atoms with Crippen molar-refractivity contribution >= 4 is 0 Å². The lowest BCUT2D eigenvalue weighted by atomic mass is 10.1. The van der Waals surface area contributed by atoms with Crippen LogP contribution in [0.15, 0.2) is 30.3 Å². The van der Waals surface area contributed by atoms with Crippen molar-refractivity contribution in [2.24, 2.45) is 0 Å². The molecule has 5 heteroatoms. The van der Waals surface area contributed by atoms with E-state index in [4.69, 9.17) is 23.7 Å². The molecule has 1 aromatic carbocycles. The predicted molar refractivity (Wildman–Crippen MR) is 75.6 cm³/mol. The summed E-state index contributed by atoms with van der Waals surface area (Å²) in [4.78, 5) is 0. The van der Waals surface area contributed by atoms with Gasteiger partial charge in [-0.1, -0.05) is 30.3 Å². The maximum atomic E-state index is 5.87. The van der Waals surface area contributed by atoms with Crippen molar-refractivity contribution in [3.63, 3.8) is 0 Å². The first-order valence-electron chi connectivity index (χ1n) is 7.24. The van der Waals surface area contributed by atoms with Crippen LogP contribution in [-0.4, -0.2) is 44.1 Å². The molecule has 0 N–H and O–H groups in total. The van der Waals surface area contributed by atoms with Crippen LogP contribution in [0, 0.1) is 0 Å². The molecule has 0 amide bonds. The van der Waals surface area contributed by atoms with E-state index in [9.17, 15) is 0 Å². The van der Waals surface area contributed by atoms with Crippen molar-refractivity contribution in [2.45, 2.75) is 50.8 Å². The molecule has 0 unspecified atom stereocenters. The molecule has 1 aromatic rings. The molecule has 2 aliphatic heterocycles. The lowest BCUT2D eigenvalue weighted by Gasteiger charge is -2.24. The molecule has 4 atom stereocenters. The molecule has 2 fully saturated rings. The number of benzene rings is 1. The molecule has 5 nitrogen and oxygen atoms in total. The number of methoxy groups -OCH3 is 1. The highest BCUT2D eigenvalue weighted by Crippen LogP contribution is 2.38. The average Bonchev–Trinajstić information content (AvgIpc) is 2.91. The Morgan fingerprint density at radius 1 is 1.14 bits per heavy atom. The van der Waals surface area contributed by atoms with Crippen molar-refractivity contribution in [3.8, 4) is 0 Å². The van der Waals surface area contributed by atoms with Crippen LogP contribution in [0.5, 0.6) is 0 Å². The van der Waals surface area contributed by atoms with Crippen molar-refractivity contribution < 1.29 is 23.7 Å². The van der Waals surface area contributed by atoms with Crippen LogP contribution >= 0.6 is 0 Å². The Hall–Kier alpha value is -0.980. The van der Waals surface area contributed by atoms with E-state index in [1.54, 1.807) is 7.11 Å². The minimum Gasteiger partial charge on any atom is -0.376 e. The fourth-order valence-electron chi connectivity index (χ4n) is 2.83. The highest BCUT2D eigenvalue weighted by molar-refractivity contribution is 5.13. The van der Waals surface area contributed by atoms with E-state index in [0.717, 1.165) is 5.56 Å². The largest absolute Gasteiger partial charge is 0.376 e. The van der Waals surface area contributed by atoms with Gasteiger partial charge in [0.05, 0.1) is 13.2 Å². The predicted octanol–water partition coefficient (Wildman–Crippen LogP) is 2.09. The minimum absolute atomic E-state index is 0.174. The number of fused-ring (bicyclic) bond motifs is 1. The number of hydrogen-bond acceptors (Lipinski definition) is 5. The Bertz CT molecular complexity index is 461. The van der Waals surface area contributed by atoms with E-state index in [1.807, 2.05) is 44.2 Å². The third-order valence-electron chi connectivity index (χ3n) is 3.75. The molecule has 0 radical (unpaired) electrons. The van der Waals surface area contributed by atoms with Gasteiger partial charge in [0.15, 0.2) is 12.1 Å². The Balaban J connectivity index is 1.53. The van der Waals surface area contributed by atoms with E-state index in [-0.39, 0.29) is 24.6 Å². The van der Waals surface area contributed by atoms with Gasteiger partial charge < -0.3 is 23.7 Å². The summed E-state index contributed by atoms with van der Waals surface area (Å²) in [6, 6.07) is 10.1. The van der Waals surface area contributed by atoms with Gasteiger partial charge in [-0.25, -0.2) is 0 Å². The first-order chi connectivity index (χ1) is 10.1. The van der Waals surface area contributed by atoms with Gasteiger partial charge >= 0.3 is 0 Å². The first-order valence-corrected chi connectivity index (χ1v) is 7.24. The van der Waals surface area contributed by atoms with Gasteiger partial charge in [0.1, 0.15) is 18.3 Å². The molecule has 0 aromatic heterocycles. The smallest absolute Gasteiger partial charge is 0.190 e. The average molecular weight is 294 g/mol. The second kappa shape index (κ2) is 6.02. The van der Waals surface area contributed by atoms with Crippen LogP contribution in [-0.2, 0) is 30.3 Å². The maximum absolute atomic E-state index is 5.87. The number of ether oxygens (including phenoxy) is 5. The Labute approximate surface area is 125 Å². The molecule has 0 aliphatic carbocycles. The third-order valence-corrected chi connectivity index (χ3v) is 3.75. The summed E-state index contributed by atoms with van der Waals surface area (Å²) in [6.45, 7) is 4.76. The van der Waals surface area contributed by atoms with Crippen molar-refractivity contribution in [2.75, 3.05) is 13.7 Å².